The Hall–Kier alpha value is -0.640. The molecule has 4 unspecified atom stereocenters. The second-order valence-corrected chi connectivity index (χ2v) is 5.98. The van der Waals surface area contributed by atoms with E-state index in [0.717, 1.165) is 12.8 Å². The van der Waals surface area contributed by atoms with Crippen molar-refractivity contribution in [2.24, 2.45) is 5.92 Å². The van der Waals surface area contributed by atoms with Gasteiger partial charge in [-0.3, -0.25) is 0 Å². The second kappa shape index (κ2) is 5.39. The van der Waals surface area contributed by atoms with Crippen LogP contribution in [0.15, 0.2) is 18.2 Å². The maximum Gasteiger partial charge on any atom is 0.127 e. The maximum absolute atomic E-state index is 13.9. The van der Waals surface area contributed by atoms with Gasteiger partial charge in [0.05, 0.1) is 12.2 Å². The number of fused-ring (bicyclic) bond motifs is 2. The fourth-order valence-corrected chi connectivity index (χ4v) is 3.76. The lowest BCUT2D eigenvalue weighted by Gasteiger charge is -2.28. The minimum Gasteiger partial charge on any atom is -0.375 e. The molecule has 0 radical (unpaired) electrons. The molecule has 0 saturated carbocycles. The van der Waals surface area contributed by atoms with Crippen molar-refractivity contribution in [2.75, 3.05) is 7.05 Å². The number of nitrogens with one attached hydrogen (secondary N) is 1. The Bertz CT molecular complexity index is 447. The zero-order valence-electron chi connectivity index (χ0n) is 11.0. The molecule has 2 fully saturated rings. The van der Waals surface area contributed by atoms with Crippen LogP contribution in [-0.2, 0) is 11.2 Å². The Labute approximate surface area is 118 Å². The van der Waals surface area contributed by atoms with Crippen LogP contribution < -0.4 is 5.32 Å². The standard InChI is InChI=1S/C15H19ClFNO/c1-18-14(11-7-9-5-6-15(11)19-9)8-10-12(16)3-2-4-13(10)17/h2-4,9,11,14-15,18H,5-8H2,1H3. The molecule has 1 aromatic carbocycles. The van der Waals surface area contributed by atoms with Crippen molar-refractivity contribution in [2.45, 2.75) is 43.9 Å². The van der Waals surface area contributed by atoms with Gasteiger partial charge in [-0.05, 0) is 44.9 Å². The van der Waals surface area contributed by atoms with E-state index >= 15 is 0 Å². The van der Waals surface area contributed by atoms with Crippen LogP contribution in [0.3, 0.4) is 0 Å². The molecule has 1 N–H and O–H groups in total. The molecular formula is C15H19ClFNO. The maximum atomic E-state index is 13.9. The average molecular weight is 284 g/mol. The van der Waals surface area contributed by atoms with E-state index in [9.17, 15) is 4.39 Å². The van der Waals surface area contributed by atoms with Gasteiger partial charge in [-0.25, -0.2) is 4.39 Å². The SMILES string of the molecule is CNC(Cc1c(F)cccc1Cl)C1CC2CCC1O2. The van der Waals surface area contributed by atoms with Gasteiger partial charge in [0, 0.05) is 22.5 Å². The van der Waals surface area contributed by atoms with Gasteiger partial charge < -0.3 is 10.1 Å². The summed E-state index contributed by atoms with van der Waals surface area (Å²) in [6.45, 7) is 0. The Morgan fingerprint density at radius 3 is 2.89 bits per heavy atom. The van der Waals surface area contributed by atoms with Crippen molar-refractivity contribution >= 4 is 11.6 Å². The number of likely N-dealkylation sites (N-methyl/N-ethyl adjacent to an activating group) is 1. The highest BCUT2D eigenvalue weighted by atomic mass is 35.5. The first-order valence-corrected chi connectivity index (χ1v) is 7.32. The van der Waals surface area contributed by atoms with Gasteiger partial charge in [-0.2, -0.15) is 0 Å². The largest absolute Gasteiger partial charge is 0.375 e. The van der Waals surface area contributed by atoms with Gasteiger partial charge >= 0.3 is 0 Å². The zero-order valence-corrected chi connectivity index (χ0v) is 11.8. The van der Waals surface area contributed by atoms with E-state index in [1.807, 2.05) is 7.05 Å². The van der Waals surface area contributed by atoms with Gasteiger partial charge in [0.25, 0.3) is 0 Å². The summed E-state index contributed by atoms with van der Waals surface area (Å²) < 4.78 is 19.8. The minimum atomic E-state index is -0.211. The lowest BCUT2D eigenvalue weighted by atomic mass is 9.81. The summed E-state index contributed by atoms with van der Waals surface area (Å²) in [7, 11) is 1.94. The highest BCUT2D eigenvalue weighted by Gasteiger charge is 2.44. The molecule has 2 bridgehead atoms. The fraction of sp³-hybridized carbons (Fsp3) is 0.600. The topological polar surface area (TPSA) is 21.3 Å². The minimum absolute atomic E-state index is 0.211. The summed E-state index contributed by atoms with van der Waals surface area (Å²) in [6, 6.07) is 5.11. The molecule has 2 saturated heterocycles. The van der Waals surface area contributed by atoms with Crippen LogP contribution in [0.2, 0.25) is 5.02 Å². The van der Waals surface area contributed by atoms with E-state index in [1.54, 1.807) is 12.1 Å². The highest BCUT2D eigenvalue weighted by Crippen LogP contribution is 2.41. The number of hydrogen-bond acceptors (Lipinski definition) is 2. The van der Waals surface area contributed by atoms with Crippen molar-refractivity contribution in [1.82, 2.24) is 5.32 Å². The molecule has 4 heteroatoms. The van der Waals surface area contributed by atoms with Crippen LogP contribution in [0.1, 0.15) is 24.8 Å². The zero-order chi connectivity index (χ0) is 13.4. The fourth-order valence-electron chi connectivity index (χ4n) is 3.52. The molecule has 0 aromatic heterocycles. The number of ether oxygens (including phenoxy) is 1. The first-order chi connectivity index (χ1) is 9.19. The van der Waals surface area contributed by atoms with Crippen molar-refractivity contribution < 1.29 is 9.13 Å². The summed E-state index contributed by atoms with van der Waals surface area (Å²) in [5.41, 5.74) is 0.617. The van der Waals surface area contributed by atoms with Crippen molar-refractivity contribution in [3.8, 4) is 0 Å². The third-order valence-electron chi connectivity index (χ3n) is 4.53. The Kier molecular flexibility index (Phi) is 3.79. The predicted octanol–water partition coefficient (Wildman–Crippen LogP) is 3.18. The Morgan fingerprint density at radius 2 is 2.32 bits per heavy atom. The quantitative estimate of drug-likeness (QED) is 0.916. The molecule has 2 aliphatic heterocycles. The Morgan fingerprint density at radius 1 is 1.47 bits per heavy atom. The monoisotopic (exact) mass is 283 g/mol. The van der Waals surface area contributed by atoms with Gasteiger partial charge in [-0.15, -0.1) is 0 Å². The lowest BCUT2D eigenvalue weighted by Crippen LogP contribution is -2.40. The summed E-state index contributed by atoms with van der Waals surface area (Å²) in [4.78, 5) is 0. The molecule has 19 heavy (non-hydrogen) atoms. The summed E-state index contributed by atoms with van der Waals surface area (Å²) in [5.74, 6) is 0.260. The highest BCUT2D eigenvalue weighted by molar-refractivity contribution is 6.31. The molecule has 0 amide bonds. The van der Waals surface area contributed by atoms with E-state index < -0.39 is 0 Å². The molecule has 2 nitrogen and oxygen atoms in total. The average Bonchev–Trinajstić information content (AvgIpc) is 3.01. The molecule has 2 heterocycles. The number of benzene rings is 1. The van der Waals surface area contributed by atoms with Crippen LogP contribution >= 0.6 is 11.6 Å². The number of halogens is 2. The summed E-state index contributed by atoms with van der Waals surface area (Å²) in [5, 5.41) is 3.84. The molecule has 2 aliphatic rings. The van der Waals surface area contributed by atoms with Gasteiger partial charge in [0.15, 0.2) is 0 Å². The lowest BCUT2D eigenvalue weighted by molar-refractivity contribution is 0.0862. The molecule has 4 atom stereocenters. The molecule has 1 aromatic rings. The van der Waals surface area contributed by atoms with E-state index in [1.165, 1.54) is 12.5 Å². The number of rotatable bonds is 4. The van der Waals surface area contributed by atoms with Crippen LogP contribution in [-0.4, -0.2) is 25.3 Å². The molecule has 0 spiro atoms. The molecule has 3 rings (SSSR count). The Balaban J connectivity index is 1.77. The van der Waals surface area contributed by atoms with Crippen molar-refractivity contribution in [3.05, 3.63) is 34.6 Å². The van der Waals surface area contributed by atoms with Gasteiger partial charge in [0.1, 0.15) is 5.82 Å². The molecule has 0 aliphatic carbocycles. The van der Waals surface area contributed by atoms with E-state index in [2.05, 4.69) is 5.32 Å². The van der Waals surface area contributed by atoms with E-state index in [4.69, 9.17) is 16.3 Å². The molecule has 104 valence electrons. The summed E-state index contributed by atoms with van der Waals surface area (Å²) >= 11 is 6.12. The van der Waals surface area contributed by atoms with Crippen molar-refractivity contribution in [3.63, 3.8) is 0 Å². The summed E-state index contributed by atoms with van der Waals surface area (Å²) in [6.07, 6.45) is 4.79. The molecular weight excluding hydrogens is 265 g/mol. The first kappa shape index (κ1) is 13.3. The first-order valence-electron chi connectivity index (χ1n) is 6.94. The third kappa shape index (κ3) is 2.51. The van der Waals surface area contributed by atoms with Gasteiger partial charge in [-0.1, -0.05) is 17.7 Å². The normalized spacial score (nSPS) is 30.8. The van der Waals surface area contributed by atoms with Crippen LogP contribution in [0.5, 0.6) is 0 Å². The van der Waals surface area contributed by atoms with Crippen LogP contribution in [0.25, 0.3) is 0 Å². The van der Waals surface area contributed by atoms with Gasteiger partial charge in [0.2, 0.25) is 0 Å². The van der Waals surface area contributed by atoms with E-state index in [-0.39, 0.29) is 11.9 Å². The van der Waals surface area contributed by atoms with Crippen LogP contribution in [0.4, 0.5) is 4.39 Å². The van der Waals surface area contributed by atoms with Crippen LogP contribution in [0, 0.1) is 11.7 Å². The smallest absolute Gasteiger partial charge is 0.127 e. The second-order valence-electron chi connectivity index (χ2n) is 5.57. The van der Waals surface area contributed by atoms with Crippen molar-refractivity contribution in [1.29, 1.82) is 0 Å². The predicted molar refractivity (Wildman–Crippen MR) is 74.0 cm³/mol. The van der Waals surface area contributed by atoms with E-state index in [0.29, 0.717) is 35.1 Å². The third-order valence-corrected chi connectivity index (χ3v) is 4.88. The number of hydrogen-bond donors (Lipinski definition) is 1.